The van der Waals surface area contributed by atoms with Crippen LogP contribution >= 0.6 is 0 Å². The number of anilines is 1. The van der Waals surface area contributed by atoms with Gasteiger partial charge in [0.2, 0.25) is 5.91 Å². The minimum atomic E-state index is -0.574. The molecule has 1 heterocycles. The van der Waals surface area contributed by atoms with Crippen LogP contribution in [0.2, 0.25) is 0 Å². The number of non-ortho nitro benzene ring substituents is 2. The summed E-state index contributed by atoms with van der Waals surface area (Å²) in [5.74, 6) is -0.929. The third-order valence-electron chi connectivity index (χ3n) is 5.95. The van der Waals surface area contributed by atoms with Gasteiger partial charge in [-0.25, -0.2) is 0 Å². The number of rotatable bonds is 4. The maximum absolute atomic E-state index is 13.3. The molecule has 2 aromatic carbocycles. The SMILES string of the molecule is CC1(C)CC(=O)C2=C(C1)N(c1ccc([N+](=O)[O-])cc1)C(=O)CC2c1cccc([N+](=O)[O-])c1. The van der Waals surface area contributed by atoms with Crippen molar-refractivity contribution in [2.75, 3.05) is 4.90 Å². The molecule has 2 aliphatic rings. The maximum atomic E-state index is 13.3. The second-order valence-electron chi connectivity index (χ2n) is 8.91. The number of nitro benzene ring substituents is 2. The molecule has 0 radical (unpaired) electrons. The van der Waals surface area contributed by atoms with Crippen molar-refractivity contribution in [1.29, 1.82) is 0 Å². The Morgan fingerprint density at radius 3 is 2.22 bits per heavy atom. The number of nitrogens with zero attached hydrogens (tertiary/aromatic N) is 3. The summed E-state index contributed by atoms with van der Waals surface area (Å²) in [6, 6.07) is 11.7. The first kappa shape index (κ1) is 21.4. The number of hydrogen-bond acceptors (Lipinski definition) is 6. The van der Waals surface area contributed by atoms with Gasteiger partial charge in [0.1, 0.15) is 0 Å². The molecule has 1 aliphatic carbocycles. The van der Waals surface area contributed by atoms with E-state index < -0.39 is 15.8 Å². The Kier molecular flexibility index (Phi) is 5.12. The molecule has 2 aromatic rings. The van der Waals surface area contributed by atoms with Gasteiger partial charge in [-0.15, -0.1) is 0 Å². The van der Waals surface area contributed by atoms with Crippen molar-refractivity contribution < 1.29 is 19.4 Å². The molecule has 0 fully saturated rings. The van der Waals surface area contributed by atoms with Crippen molar-refractivity contribution in [2.45, 2.75) is 39.0 Å². The molecule has 0 bridgehead atoms. The molecule has 9 heteroatoms. The molecule has 164 valence electrons. The van der Waals surface area contributed by atoms with E-state index in [1.54, 1.807) is 12.1 Å². The van der Waals surface area contributed by atoms with E-state index in [1.165, 1.54) is 41.3 Å². The largest absolute Gasteiger partial charge is 0.294 e. The van der Waals surface area contributed by atoms with Crippen LogP contribution in [0, 0.1) is 25.6 Å². The lowest BCUT2D eigenvalue weighted by atomic mass is 9.69. The quantitative estimate of drug-likeness (QED) is 0.508. The summed E-state index contributed by atoms with van der Waals surface area (Å²) in [6.45, 7) is 3.90. The van der Waals surface area contributed by atoms with E-state index in [0.717, 1.165) is 0 Å². The minimum absolute atomic E-state index is 0.0246. The Balaban J connectivity index is 1.87. The topological polar surface area (TPSA) is 124 Å². The predicted octanol–water partition coefficient (Wildman–Crippen LogP) is 4.67. The van der Waals surface area contributed by atoms with Gasteiger partial charge >= 0.3 is 0 Å². The van der Waals surface area contributed by atoms with E-state index in [0.29, 0.717) is 35.4 Å². The number of Topliss-reactive ketones (excluding diaryl/α,β-unsaturated/α-hetero) is 1. The van der Waals surface area contributed by atoms with Gasteiger partial charge < -0.3 is 0 Å². The van der Waals surface area contributed by atoms with Crippen molar-refractivity contribution in [1.82, 2.24) is 0 Å². The average Bonchev–Trinajstić information content (AvgIpc) is 2.72. The Morgan fingerprint density at radius 1 is 0.938 bits per heavy atom. The highest BCUT2D eigenvalue weighted by Crippen LogP contribution is 2.48. The third kappa shape index (κ3) is 3.77. The van der Waals surface area contributed by atoms with Crippen LogP contribution in [-0.4, -0.2) is 21.5 Å². The lowest BCUT2D eigenvalue weighted by molar-refractivity contribution is -0.385. The number of ketones is 1. The number of nitro groups is 2. The van der Waals surface area contributed by atoms with Gasteiger partial charge in [0, 0.05) is 60.0 Å². The van der Waals surface area contributed by atoms with Crippen molar-refractivity contribution in [2.24, 2.45) is 5.41 Å². The zero-order chi connectivity index (χ0) is 23.2. The van der Waals surface area contributed by atoms with Crippen LogP contribution in [0.5, 0.6) is 0 Å². The number of allylic oxidation sites excluding steroid dienone is 2. The van der Waals surface area contributed by atoms with Crippen LogP contribution in [0.1, 0.15) is 44.6 Å². The summed E-state index contributed by atoms with van der Waals surface area (Å²) < 4.78 is 0. The van der Waals surface area contributed by atoms with Crippen LogP contribution < -0.4 is 4.90 Å². The molecule has 0 saturated carbocycles. The van der Waals surface area contributed by atoms with Crippen molar-refractivity contribution in [3.63, 3.8) is 0 Å². The van der Waals surface area contributed by atoms with E-state index in [1.807, 2.05) is 13.8 Å². The molecule has 0 spiro atoms. The number of amides is 1. The summed E-state index contributed by atoms with van der Waals surface area (Å²) >= 11 is 0. The molecular formula is C23H21N3O6. The standard InChI is InChI=1S/C23H21N3O6/c1-23(2)12-19-22(20(27)13-23)18(14-4-3-5-17(10-14)26(31)32)11-21(28)24(19)15-6-8-16(9-7-15)25(29)30/h3-10,18H,11-13H2,1-2H3. The predicted molar refractivity (Wildman–Crippen MR) is 116 cm³/mol. The normalized spacial score (nSPS) is 20.2. The highest BCUT2D eigenvalue weighted by atomic mass is 16.6. The van der Waals surface area contributed by atoms with Gasteiger partial charge in [-0.3, -0.25) is 34.7 Å². The number of carbonyl (C=O) groups excluding carboxylic acids is 2. The smallest absolute Gasteiger partial charge is 0.269 e. The number of benzene rings is 2. The fourth-order valence-electron chi connectivity index (χ4n) is 4.58. The molecule has 1 atom stereocenters. The molecule has 0 aromatic heterocycles. The van der Waals surface area contributed by atoms with Crippen molar-refractivity contribution in [3.05, 3.63) is 85.6 Å². The van der Waals surface area contributed by atoms with E-state index in [2.05, 4.69) is 0 Å². The molecule has 1 amide bonds. The van der Waals surface area contributed by atoms with Gasteiger partial charge in [-0.2, -0.15) is 0 Å². The second-order valence-corrected chi connectivity index (χ2v) is 8.91. The summed E-state index contributed by atoms with van der Waals surface area (Å²) in [6.07, 6.45) is 0.741. The molecule has 0 N–H and O–H groups in total. The van der Waals surface area contributed by atoms with Crippen LogP contribution in [0.25, 0.3) is 0 Å². The summed E-state index contributed by atoms with van der Waals surface area (Å²) in [5.41, 5.74) is 1.49. The zero-order valence-electron chi connectivity index (χ0n) is 17.6. The van der Waals surface area contributed by atoms with Crippen molar-refractivity contribution in [3.8, 4) is 0 Å². The minimum Gasteiger partial charge on any atom is -0.294 e. The highest BCUT2D eigenvalue weighted by molar-refractivity contribution is 6.07. The Labute approximate surface area is 183 Å². The van der Waals surface area contributed by atoms with Gasteiger partial charge in [0.25, 0.3) is 11.4 Å². The van der Waals surface area contributed by atoms with Gasteiger partial charge in [0.05, 0.1) is 9.85 Å². The monoisotopic (exact) mass is 435 g/mol. The first-order chi connectivity index (χ1) is 15.1. The van der Waals surface area contributed by atoms with Crippen LogP contribution in [0.15, 0.2) is 59.8 Å². The van der Waals surface area contributed by atoms with Crippen LogP contribution in [-0.2, 0) is 9.59 Å². The molecule has 0 saturated heterocycles. The van der Waals surface area contributed by atoms with E-state index >= 15 is 0 Å². The summed E-state index contributed by atoms with van der Waals surface area (Å²) in [7, 11) is 0. The summed E-state index contributed by atoms with van der Waals surface area (Å²) in [5, 5.41) is 22.3. The highest BCUT2D eigenvalue weighted by Gasteiger charge is 2.44. The zero-order valence-corrected chi connectivity index (χ0v) is 17.6. The number of carbonyl (C=O) groups is 2. The van der Waals surface area contributed by atoms with E-state index in [4.69, 9.17) is 0 Å². The molecule has 1 aliphatic heterocycles. The van der Waals surface area contributed by atoms with Gasteiger partial charge in [-0.1, -0.05) is 26.0 Å². The Hall–Kier alpha value is -3.88. The summed E-state index contributed by atoms with van der Waals surface area (Å²) in [4.78, 5) is 49.3. The van der Waals surface area contributed by atoms with Crippen LogP contribution in [0.4, 0.5) is 17.1 Å². The molecule has 4 rings (SSSR count). The van der Waals surface area contributed by atoms with Crippen LogP contribution in [0.3, 0.4) is 0 Å². The number of hydrogen-bond donors (Lipinski definition) is 0. The maximum Gasteiger partial charge on any atom is 0.269 e. The van der Waals surface area contributed by atoms with Gasteiger partial charge in [-0.05, 0) is 29.5 Å². The fourth-order valence-corrected chi connectivity index (χ4v) is 4.58. The molecule has 9 nitrogen and oxygen atoms in total. The van der Waals surface area contributed by atoms with Gasteiger partial charge in [0.15, 0.2) is 5.78 Å². The molecular weight excluding hydrogens is 414 g/mol. The average molecular weight is 435 g/mol. The van der Waals surface area contributed by atoms with E-state index in [-0.39, 0.29) is 34.9 Å². The van der Waals surface area contributed by atoms with E-state index in [9.17, 15) is 29.8 Å². The first-order valence-corrected chi connectivity index (χ1v) is 10.2. The Morgan fingerprint density at radius 2 is 1.59 bits per heavy atom. The molecule has 1 unspecified atom stereocenters. The fraction of sp³-hybridized carbons (Fsp3) is 0.304. The molecule has 32 heavy (non-hydrogen) atoms. The lowest BCUT2D eigenvalue weighted by Gasteiger charge is -2.42. The van der Waals surface area contributed by atoms with Crippen molar-refractivity contribution >= 4 is 28.8 Å². The second kappa shape index (κ2) is 7.67. The first-order valence-electron chi connectivity index (χ1n) is 10.2. The Bertz CT molecular complexity index is 1180. The third-order valence-corrected chi connectivity index (χ3v) is 5.95. The lowest BCUT2D eigenvalue weighted by Crippen LogP contribution is -2.43.